The lowest BCUT2D eigenvalue weighted by Crippen LogP contribution is -2.16. The van der Waals surface area contributed by atoms with E-state index in [-0.39, 0.29) is 16.8 Å². The molecule has 0 atom stereocenters. The fourth-order valence-electron chi connectivity index (χ4n) is 5.12. The number of allylic oxidation sites excluding steroid dienone is 1. The van der Waals surface area contributed by atoms with E-state index < -0.39 is 28.9 Å². The van der Waals surface area contributed by atoms with Crippen LogP contribution < -0.4 is 10.5 Å². The minimum atomic E-state index is -1.05. The van der Waals surface area contributed by atoms with E-state index in [1.165, 1.54) is 13.0 Å². The standard InChI is InChI=1S/C30H26F2N4O3/c1-6-18(30(33)38)26-20(31)13-17(14-21(26)32)28(37)23-10-9-22-19(8-7-11-36(22)23)25-15(2)12-24-27(29(25)39-5)34-16(3)35(24)4/h6-14H,1-5H3,(H2,33,38). The first kappa shape index (κ1) is 25.8. The Balaban J connectivity index is 1.66. The molecule has 0 unspecified atom stereocenters. The lowest BCUT2D eigenvalue weighted by atomic mass is 9.98. The summed E-state index contributed by atoms with van der Waals surface area (Å²) in [4.78, 5) is 29.8. The third-order valence-electron chi connectivity index (χ3n) is 7.08. The number of primary amides is 1. The van der Waals surface area contributed by atoms with E-state index in [1.54, 1.807) is 35.9 Å². The number of benzene rings is 2. The van der Waals surface area contributed by atoms with Gasteiger partial charge in [0.05, 0.1) is 29.4 Å². The third kappa shape index (κ3) is 3.98. The first-order valence-electron chi connectivity index (χ1n) is 12.2. The zero-order valence-corrected chi connectivity index (χ0v) is 22.1. The highest BCUT2D eigenvalue weighted by Gasteiger charge is 2.24. The fourth-order valence-corrected chi connectivity index (χ4v) is 5.12. The molecule has 0 aliphatic carbocycles. The van der Waals surface area contributed by atoms with Gasteiger partial charge in [-0.1, -0.05) is 12.1 Å². The minimum Gasteiger partial charge on any atom is -0.494 e. The molecule has 0 aliphatic rings. The lowest BCUT2D eigenvalue weighted by molar-refractivity contribution is -0.112. The summed E-state index contributed by atoms with van der Waals surface area (Å²) in [6, 6.07) is 11.0. The van der Waals surface area contributed by atoms with Crippen molar-refractivity contribution in [3.05, 3.63) is 94.6 Å². The van der Waals surface area contributed by atoms with E-state index in [0.29, 0.717) is 11.3 Å². The maximum Gasteiger partial charge on any atom is 0.249 e. The van der Waals surface area contributed by atoms with Gasteiger partial charge in [-0.3, -0.25) is 9.59 Å². The van der Waals surface area contributed by atoms with E-state index in [1.807, 2.05) is 37.6 Å². The molecular weight excluding hydrogens is 502 g/mol. The normalized spacial score (nSPS) is 11.9. The van der Waals surface area contributed by atoms with Crippen molar-refractivity contribution in [1.82, 2.24) is 14.0 Å². The zero-order chi connectivity index (χ0) is 28.2. The van der Waals surface area contributed by atoms with Crippen LogP contribution in [0, 0.1) is 25.5 Å². The number of hydrogen-bond acceptors (Lipinski definition) is 4. The molecule has 3 aromatic heterocycles. The number of nitrogens with two attached hydrogens (primary N) is 1. The predicted molar refractivity (Wildman–Crippen MR) is 146 cm³/mol. The number of ether oxygens (including phenoxy) is 1. The number of methoxy groups -OCH3 is 1. The van der Waals surface area contributed by atoms with Crippen LogP contribution in [0.15, 0.2) is 54.7 Å². The molecule has 0 saturated carbocycles. The van der Waals surface area contributed by atoms with Gasteiger partial charge in [-0.05, 0) is 62.7 Å². The monoisotopic (exact) mass is 528 g/mol. The van der Waals surface area contributed by atoms with Gasteiger partial charge in [0, 0.05) is 35.5 Å². The Labute approximate surface area is 223 Å². The molecule has 0 aliphatic heterocycles. The van der Waals surface area contributed by atoms with Gasteiger partial charge in [-0.15, -0.1) is 0 Å². The smallest absolute Gasteiger partial charge is 0.249 e. The summed E-state index contributed by atoms with van der Waals surface area (Å²) in [7, 11) is 3.54. The van der Waals surface area contributed by atoms with Crippen LogP contribution >= 0.6 is 0 Å². The second kappa shape index (κ2) is 9.50. The highest BCUT2D eigenvalue weighted by atomic mass is 19.1. The quantitative estimate of drug-likeness (QED) is 0.232. The van der Waals surface area contributed by atoms with Gasteiger partial charge < -0.3 is 19.4 Å². The van der Waals surface area contributed by atoms with Crippen molar-refractivity contribution in [2.45, 2.75) is 20.8 Å². The van der Waals surface area contributed by atoms with Crippen LogP contribution in [0.5, 0.6) is 5.75 Å². The molecule has 0 bridgehead atoms. The summed E-state index contributed by atoms with van der Waals surface area (Å²) < 4.78 is 39.4. The van der Waals surface area contributed by atoms with Crippen molar-refractivity contribution >= 4 is 33.8 Å². The number of carbonyl (C=O) groups excluding carboxylic acids is 2. The number of aryl methyl sites for hydroxylation is 3. The Morgan fingerprint density at radius 1 is 1.05 bits per heavy atom. The minimum absolute atomic E-state index is 0.196. The molecule has 0 radical (unpaired) electrons. The van der Waals surface area contributed by atoms with Crippen molar-refractivity contribution in [2.75, 3.05) is 7.11 Å². The topological polar surface area (TPSA) is 91.6 Å². The molecule has 5 rings (SSSR count). The van der Waals surface area contributed by atoms with Crippen molar-refractivity contribution in [3.8, 4) is 16.9 Å². The molecule has 2 N–H and O–H groups in total. The van der Waals surface area contributed by atoms with Crippen molar-refractivity contribution in [1.29, 1.82) is 0 Å². The summed E-state index contributed by atoms with van der Waals surface area (Å²) in [5, 5.41) is 0. The molecule has 2 aromatic carbocycles. The van der Waals surface area contributed by atoms with Crippen LogP contribution in [0.2, 0.25) is 0 Å². The Bertz CT molecular complexity index is 1840. The first-order chi connectivity index (χ1) is 18.6. The van der Waals surface area contributed by atoms with Crippen molar-refractivity contribution in [3.63, 3.8) is 0 Å². The molecule has 39 heavy (non-hydrogen) atoms. The zero-order valence-electron chi connectivity index (χ0n) is 22.1. The maximum atomic E-state index is 14.9. The van der Waals surface area contributed by atoms with Gasteiger partial charge in [0.15, 0.2) is 5.75 Å². The van der Waals surface area contributed by atoms with E-state index in [0.717, 1.165) is 45.7 Å². The number of rotatable bonds is 6. The van der Waals surface area contributed by atoms with Crippen LogP contribution in [0.3, 0.4) is 0 Å². The number of fused-ring (bicyclic) bond motifs is 2. The number of halogens is 2. The molecule has 0 spiro atoms. The number of hydrogen-bond donors (Lipinski definition) is 1. The SMILES string of the molecule is CC=C(C(N)=O)c1c(F)cc(C(=O)c2ccc3c(-c4c(C)cc5c(nc(C)n5C)c4OC)cccn23)cc1F. The highest BCUT2D eigenvalue weighted by molar-refractivity contribution is 6.19. The number of aromatic nitrogens is 3. The highest BCUT2D eigenvalue weighted by Crippen LogP contribution is 2.41. The average Bonchev–Trinajstić information content (AvgIpc) is 3.45. The molecule has 9 heteroatoms. The van der Waals surface area contributed by atoms with Gasteiger partial charge >= 0.3 is 0 Å². The molecule has 0 fully saturated rings. The summed E-state index contributed by atoms with van der Waals surface area (Å²) in [6.07, 6.45) is 2.94. The van der Waals surface area contributed by atoms with Gasteiger partial charge in [0.1, 0.15) is 23.0 Å². The van der Waals surface area contributed by atoms with E-state index in [2.05, 4.69) is 4.98 Å². The summed E-state index contributed by atoms with van der Waals surface area (Å²) in [5.74, 6) is -2.19. The number of imidazole rings is 1. The van der Waals surface area contributed by atoms with Crippen LogP contribution in [-0.2, 0) is 11.8 Å². The van der Waals surface area contributed by atoms with Crippen LogP contribution in [0.25, 0.3) is 33.3 Å². The molecule has 0 saturated heterocycles. The number of ketones is 1. The van der Waals surface area contributed by atoms with E-state index in [9.17, 15) is 18.4 Å². The van der Waals surface area contributed by atoms with Crippen LogP contribution in [0.1, 0.15) is 39.9 Å². The second-order valence-electron chi connectivity index (χ2n) is 9.29. The first-order valence-corrected chi connectivity index (χ1v) is 12.2. The molecular formula is C30H26F2N4O3. The largest absolute Gasteiger partial charge is 0.494 e. The number of pyridine rings is 1. The fraction of sp³-hybridized carbons (Fsp3) is 0.167. The Morgan fingerprint density at radius 2 is 1.74 bits per heavy atom. The second-order valence-corrected chi connectivity index (χ2v) is 9.29. The summed E-state index contributed by atoms with van der Waals surface area (Å²) in [5.41, 5.74) is 9.38. The Hall–Kier alpha value is -4.79. The molecule has 7 nitrogen and oxygen atoms in total. The molecule has 1 amide bonds. The number of carbonyl (C=O) groups is 2. The lowest BCUT2D eigenvalue weighted by Gasteiger charge is -2.15. The molecule has 198 valence electrons. The average molecular weight is 529 g/mol. The Kier molecular flexibility index (Phi) is 6.30. The summed E-state index contributed by atoms with van der Waals surface area (Å²) in [6.45, 7) is 5.35. The van der Waals surface area contributed by atoms with Gasteiger partial charge in [0.2, 0.25) is 11.7 Å². The van der Waals surface area contributed by atoms with Crippen molar-refractivity contribution < 1.29 is 23.1 Å². The van der Waals surface area contributed by atoms with Gasteiger partial charge in [0.25, 0.3) is 0 Å². The van der Waals surface area contributed by atoms with Crippen LogP contribution in [-0.4, -0.2) is 32.8 Å². The van der Waals surface area contributed by atoms with Gasteiger partial charge in [-0.25, -0.2) is 13.8 Å². The summed E-state index contributed by atoms with van der Waals surface area (Å²) >= 11 is 0. The van der Waals surface area contributed by atoms with E-state index >= 15 is 0 Å². The van der Waals surface area contributed by atoms with Crippen LogP contribution in [0.4, 0.5) is 8.78 Å². The Morgan fingerprint density at radius 3 is 2.36 bits per heavy atom. The number of amides is 1. The molecule has 3 heterocycles. The third-order valence-corrected chi connectivity index (χ3v) is 7.08. The molecule has 5 aromatic rings. The number of nitrogens with zero attached hydrogens (tertiary/aromatic N) is 3. The predicted octanol–water partition coefficient (Wildman–Crippen LogP) is 5.52. The van der Waals surface area contributed by atoms with Gasteiger partial charge in [-0.2, -0.15) is 0 Å². The maximum absolute atomic E-state index is 14.9. The van der Waals surface area contributed by atoms with Crippen molar-refractivity contribution in [2.24, 2.45) is 12.8 Å². The van der Waals surface area contributed by atoms with E-state index in [4.69, 9.17) is 10.5 Å².